The highest BCUT2D eigenvalue weighted by molar-refractivity contribution is 5.80. The first-order valence-corrected chi connectivity index (χ1v) is 5.75. The highest BCUT2D eigenvalue weighted by atomic mass is 16.5. The zero-order valence-corrected chi connectivity index (χ0v) is 10.3. The topological polar surface area (TPSA) is 50.1 Å². The van der Waals surface area contributed by atoms with Gasteiger partial charge in [-0.2, -0.15) is 5.26 Å². The van der Waals surface area contributed by atoms with Crippen molar-refractivity contribution in [2.24, 2.45) is 0 Å². The van der Waals surface area contributed by atoms with Gasteiger partial charge in [-0.25, -0.2) is 0 Å². The van der Waals surface area contributed by atoms with Gasteiger partial charge in [0.25, 0.3) is 0 Å². The molecule has 1 aromatic carbocycles. The lowest BCUT2D eigenvalue weighted by atomic mass is 10.0. The molecule has 0 radical (unpaired) electrons. The first kappa shape index (κ1) is 13.2. The van der Waals surface area contributed by atoms with Crippen molar-refractivity contribution in [3.63, 3.8) is 0 Å². The molecule has 3 nitrogen and oxygen atoms in total. The van der Waals surface area contributed by atoms with Crippen LogP contribution in [-0.2, 0) is 4.79 Å². The molecule has 0 aliphatic heterocycles. The van der Waals surface area contributed by atoms with Gasteiger partial charge in [0.15, 0.2) is 0 Å². The summed E-state index contributed by atoms with van der Waals surface area (Å²) in [5.74, 6) is 1.14. The van der Waals surface area contributed by atoms with Crippen LogP contribution >= 0.6 is 0 Å². The van der Waals surface area contributed by atoms with Crippen molar-refractivity contribution >= 4 is 5.78 Å². The van der Waals surface area contributed by atoms with Crippen LogP contribution in [0.4, 0.5) is 0 Å². The fraction of sp³-hybridized carbons (Fsp3) is 0.429. The Balaban J connectivity index is 2.52. The lowest BCUT2D eigenvalue weighted by Gasteiger charge is -2.13. The number of nitriles is 1. The maximum absolute atomic E-state index is 11.1. The van der Waals surface area contributed by atoms with Gasteiger partial charge in [0.1, 0.15) is 11.5 Å². The molecule has 1 rings (SSSR count). The molecule has 0 saturated heterocycles. The molecule has 0 amide bonds. The van der Waals surface area contributed by atoms with Gasteiger partial charge in [-0.3, -0.25) is 4.79 Å². The van der Waals surface area contributed by atoms with Gasteiger partial charge < -0.3 is 4.74 Å². The average molecular weight is 231 g/mol. The summed E-state index contributed by atoms with van der Waals surface area (Å²) in [6.07, 6.45) is 0.259. The van der Waals surface area contributed by atoms with E-state index in [-0.39, 0.29) is 12.2 Å². The van der Waals surface area contributed by atoms with Crippen LogP contribution in [0.5, 0.6) is 5.75 Å². The Morgan fingerprint density at radius 2 is 2.12 bits per heavy atom. The number of Topliss-reactive ketones (excluding diaryl/α,β-unsaturated/α-hetero) is 1. The number of hydrogen-bond acceptors (Lipinski definition) is 3. The van der Waals surface area contributed by atoms with Crippen LogP contribution in [0.25, 0.3) is 0 Å². The molecule has 1 aromatic rings. The third-order valence-electron chi connectivity index (χ3n) is 2.46. The molecule has 3 heteroatoms. The lowest BCUT2D eigenvalue weighted by molar-refractivity contribution is -0.118. The van der Waals surface area contributed by atoms with E-state index >= 15 is 0 Å². The van der Waals surface area contributed by atoms with Crippen LogP contribution in [-0.4, -0.2) is 12.4 Å². The standard InChI is InChI=1S/C14H17NO2/c1-11(2)13-5-3-4-6-14(13)17-10-8-12(16)7-9-15/h3-6,11H,7-8,10H2,1-2H3. The summed E-state index contributed by atoms with van der Waals surface area (Å²) in [6, 6.07) is 9.66. The van der Waals surface area contributed by atoms with E-state index in [4.69, 9.17) is 10.00 Å². The molecule has 0 N–H and O–H groups in total. The second-order valence-electron chi connectivity index (χ2n) is 4.16. The van der Waals surface area contributed by atoms with E-state index in [1.165, 1.54) is 0 Å². The van der Waals surface area contributed by atoms with Gasteiger partial charge in [0.05, 0.1) is 19.1 Å². The van der Waals surface area contributed by atoms with Crippen LogP contribution < -0.4 is 4.74 Å². The van der Waals surface area contributed by atoms with Crippen LogP contribution in [0.2, 0.25) is 0 Å². The molecule has 0 aromatic heterocycles. The molecule has 0 aliphatic rings. The van der Waals surface area contributed by atoms with E-state index in [9.17, 15) is 4.79 Å². The average Bonchev–Trinajstić information content (AvgIpc) is 2.30. The highest BCUT2D eigenvalue weighted by Crippen LogP contribution is 2.25. The molecular weight excluding hydrogens is 214 g/mol. The largest absolute Gasteiger partial charge is 0.493 e. The van der Waals surface area contributed by atoms with E-state index in [1.54, 1.807) is 0 Å². The number of carbonyl (C=O) groups excluding carboxylic acids is 1. The SMILES string of the molecule is CC(C)c1ccccc1OCCC(=O)CC#N. The summed E-state index contributed by atoms with van der Waals surface area (Å²) < 4.78 is 5.59. The molecule has 0 spiro atoms. The van der Waals surface area contributed by atoms with Crippen LogP contribution in [0.3, 0.4) is 0 Å². The Kier molecular flexibility index (Phi) is 5.22. The van der Waals surface area contributed by atoms with Gasteiger partial charge in [-0.05, 0) is 17.5 Å². The van der Waals surface area contributed by atoms with Crippen molar-refractivity contribution in [3.8, 4) is 11.8 Å². The number of rotatable bonds is 6. The van der Waals surface area contributed by atoms with Crippen molar-refractivity contribution in [1.29, 1.82) is 5.26 Å². The van der Waals surface area contributed by atoms with Gasteiger partial charge in [-0.15, -0.1) is 0 Å². The molecule has 0 heterocycles. The van der Waals surface area contributed by atoms with E-state index in [2.05, 4.69) is 13.8 Å². The highest BCUT2D eigenvalue weighted by Gasteiger charge is 2.07. The summed E-state index contributed by atoms with van der Waals surface area (Å²) in [4.78, 5) is 11.1. The number of ketones is 1. The lowest BCUT2D eigenvalue weighted by Crippen LogP contribution is -2.06. The zero-order valence-electron chi connectivity index (χ0n) is 10.3. The number of nitrogens with zero attached hydrogens (tertiary/aromatic N) is 1. The third-order valence-corrected chi connectivity index (χ3v) is 2.46. The third kappa shape index (κ3) is 4.28. The van der Waals surface area contributed by atoms with Gasteiger partial charge in [0, 0.05) is 6.42 Å². The monoisotopic (exact) mass is 231 g/mol. The molecule has 0 aliphatic carbocycles. The quantitative estimate of drug-likeness (QED) is 0.756. The van der Waals surface area contributed by atoms with Gasteiger partial charge >= 0.3 is 0 Å². The summed E-state index contributed by atoms with van der Waals surface area (Å²) in [5, 5.41) is 8.36. The summed E-state index contributed by atoms with van der Waals surface area (Å²) in [5.41, 5.74) is 1.14. The number of benzene rings is 1. The second-order valence-corrected chi connectivity index (χ2v) is 4.16. The van der Waals surface area contributed by atoms with E-state index in [1.807, 2.05) is 30.3 Å². The predicted octanol–water partition coefficient (Wildman–Crippen LogP) is 3.06. The molecular formula is C14H17NO2. The van der Waals surface area contributed by atoms with Crippen molar-refractivity contribution in [2.45, 2.75) is 32.6 Å². The molecule has 0 saturated carbocycles. The minimum Gasteiger partial charge on any atom is -0.493 e. The minimum atomic E-state index is -0.0745. The van der Waals surface area contributed by atoms with Crippen LogP contribution in [0, 0.1) is 11.3 Å². The molecule has 0 bridgehead atoms. The minimum absolute atomic E-state index is 0.0326. The first-order chi connectivity index (χ1) is 8.15. The van der Waals surface area contributed by atoms with Crippen molar-refractivity contribution in [2.75, 3.05) is 6.61 Å². The fourth-order valence-corrected chi connectivity index (χ4v) is 1.54. The first-order valence-electron chi connectivity index (χ1n) is 5.75. The zero-order chi connectivity index (χ0) is 12.7. The molecule has 0 fully saturated rings. The van der Waals surface area contributed by atoms with E-state index < -0.39 is 0 Å². The summed E-state index contributed by atoms with van der Waals surface area (Å²) in [6.45, 7) is 4.54. The normalized spacial score (nSPS) is 10.0. The number of carbonyl (C=O) groups is 1. The van der Waals surface area contributed by atoms with Crippen LogP contribution in [0.1, 0.15) is 38.2 Å². The van der Waals surface area contributed by atoms with Gasteiger partial charge in [-0.1, -0.05) is 32.0 Å². The summed E-state index contributed by atoms with van der Waals surface area (Å²) >= 11 is 0. The molecule has 90 valence electrons. The predicted molar refractivity (Wildman–Crippen MR) is 65.9 cm³/mol. The Bertz CT molecular complexity index is 418. The van der Waals surface area contributed by atoms with Crippen molar-refractivity contribution in [3.05, 3.63) is 29.8 Å². The maximum atomic E-state index is 11.1. The second kappa shape index (κ2) is 6.70. The smallest absolute Gasteiger partial charge is 0.150 e. The molecule has 17 heavy (non-hydrogen) atoms. The maximum Gasteiger partial charge on any atom is 0.150 e. The fourth-order valence-electron chi connectivity index (χ4n) is 1.54. The Morgan fingerprint density at radius 1 is 1.41 bits per heavy atom. The number of ether oxygens (including phenoxy) is 1. The summed E-state index contributed by atoms with van der Waals surface area (Å²) in [7, 11) is 0. The molecule has 0 unspecified atom stereocenters. The Hall–Kier alpha value is -1.82. The Morgan fingerprint density at radius 3 is 2.76 bits per heavy atom. The number of para-hydroxylation sites is 1. The van der Waals surface area contributed by atoms with E-state index in [0.29, 0.717) is 18.9 Å². The molecule has 0 atom stereocenters. The van der Waals surface area contributed by atoms with Crippen molar-refractivity contribution < 1.29 is 9.53 Å². The Labute approximate surface area is 102 Å². The van der Waals surface area contributed by atoms with Crippen molar-refractivity contribution in [1.82, 2.24) is 0 Å². The van der Waals surface area contributed by atoms with Gasteiger partial charge in [0.2, 0.25) is 0 Å². The number of hydrogen-bond donors (Lipinski definition) is 0. The van der Waals surface area contributed by atoms with E-state index in [0.717, 1.165) is 11.3 Å². The van der Waals surface area contributed by atoms with Crippen LogP contribution in [0.15, 0.2) is 24.3 Å².